The van der Waals surface area contributed by atoms with Gasteiger partial charge >= 0.3 is 0 Å². The van der Waals surface area contributed by atoms with Crippen LogP contribution in [0.25, 0.3) is 0 Å². The van der Waals surface area contributed by atoms with Crippen molar-refractivity contribution in [3.05, 3.63) is 71.8 Å². The molecule has 1 saturated heterocycles. The average molecular weight is 291 g/mol. The van der Waals surface area contributed by atoms with Gasteiger partial charge in [-0.2, -0.15) is 0 Å². The SMILES string of the molecule is CN1C(c2ccccc2)C2CCCC(C2)C1c1ccccc1. The lowest BCUT2D eigenvalue weighted by Crippen LogP contribution is -2.45. The summed E-state index contributed by atoms with van der Waals surface area (Å²) >= 11 is 0. The fraction of sp³-hybridized carbons (Fsp3) is 0.429. The normalized spacial score (nSPS) is 31.9. The molecule has 0 radical (unpaired) electrons. The molecule has 4 rings (SSSR count). The Kier molecular flexibility index (Phi) is 3.75. The van der Waals surface area contributed by atoms with E-state index in [4.69, 9.17) is 0 Å². The van der Waals surface area contributed by atoms with Gasteiger partial charge in [-0.3, -0.25) is 4.90 Å². The van der Waals surface area contributed by atoms with Crippen LogP contribution in [0.3, 0.4) is 0 Å². The van der Waals surface area contributed by atoms with Gasteiger partial charge in [0.25, 0.3) is 0 Å². The van der Waals surface area contributed by atoms with Crippen LogP contribution >= 0.6 is 0 Å². The van der Waals surface area contributed by atoms with Crippen molar-refractivity contribution >= 4 is 0 Å². The largest absolute Gasteiger partial charge is 0.292 e. The molecule has 4 atom stereocenters. The minimum Gasteiger partial charge on any atom is -0.292 e. The highest BCUT2D eigenvalue weighted by Gasteiger charge is 2.43. The maximum atomic E-state index is 2.67. The Hall–Kier alpha value is -1.60. The summed E-state index contributed by atoms with van der Waals surface area (Å²) in [5.74, 6) is 1.65. The van der Waals surface area contributed by atoms with Crippen LogP contribution in [0, 0.1) is 11.8 Å². The molecule has 2 aromatic rings. The molecule has 1 aliphatic carbocycles. The predicted molar refractivity (Wildman–Crippen MR) is 91.6 cm³/mol. The number of nitrogens with zero attached hydrogens (tertiary/aromatic N) is 1. The quantitative estimate of drug-likeness (QED) is 0.733. The molecule has 1 nitrogen and oxygen atoms in total. The molecule has 0 N–H and O–H groups in total. The lowest BCUT2D eigenvalue weighted by atomic mass is 9.67. The highest BCUT2D eigenvalue weighted by atomic mass is 15.2. The van der Waals surface area contributed by atoms with E-state index in [1.165, 1.54) is 36.8 Å². The first kappa shape index (κ1) is 14.0. The first-order valence-corrected chi connectivity index (χ1v) is 8.66. The number of likely N-dealkylation sites (tertiary alicyclic amines) is 1. The van der Waals surface area contributed by atoms with Crippen molar-refractivity contribution in [3.63, 3.8) is 0 Å². The van der Waals surface area contributed by atoms with E-state index in [1.54, 1.807) is 0 Å². The van der Waals surface area contributed by atoms with Crippen LogP contribution in [0.2, 0.25) is 0 Å². The zero-order valence-corrected chi connectivity index (χ0v) is 13.4. The Morgan fingerprint density at radius 2 is 1.18 bits per heavy atom. The number of hydrogen-bond donors (Lipinski definition) is 0. The van der Waals surface area contributed by atoms with E-state index in [2.05, 4.69) is 72.6 Å². The van der Waals surface area contributed by atoms with Crippen molar-refractivity contribution < 1.29 is 0 Å². The zero-order chi connectivity index (χ0) is 14.9. The van der Waals surface area contributed by atoms with Crippen molar-refractivity contribution in [1.29, 1.82) is 0 Å². The summed E-state index contributed by atoms with van der Waals surface area (Å²) in [4.78, 5) is 2.67. The maximum Gasteiger partial charge on any atom is 0.0379 e. The summed E-state index contributed by atoms with van der Waals surface area (Å²) in [6.45, 7) is 0. The second kappa shape index (κ2) is 5.89. The third-order valence-electron chi connectivity index (χ3n) is 5.81. The van der Waals surface area contributed by atoms with Gasteiger partial charge in [0.2, 0.25) is 0 Å². The molecule has 4 unspecified atom stereocenters. The van der Waals surface area contributed by atoms with Crippen LogP contribution in [0.5, 0.6) is 0 Å². The molecule has 0 spiro atoms. The molecule has 1 aliphatic heterocycles. The van der Waals surface area contributed by atoms with Gasteiger partial charge in [-0.05, 0) is 49.3 Å². The Morgan fingerprint density at radius 3 is 1.64 bits per heavy atom. The molecule has 22 heavy (non-hydrogen) atoms. The van der Waals surface area contributed by atoms with Gasteiger partial charge in [-0.15, -0.1) is 0 Å². The fourth-order valence-electron chi connectivity index (χ4n) is 4.99. The monoisotopic (exact) mass is 291 g/mol. The van der Waals surface area contributed by atoms with Crippen molar-refractivity contribution in [3.8, 4) is 0 Å². The van der Waals surface area contributed by atoms with E-state index in [1.807, 2.05) is 0 Å². The molecular weight excluding hydrogens is 266 g/mol. The topological polar surface area (TPSA) is 3.24 Å². The van der Waals surface area contributed by atoms with Crippen LogP contribution in [-0.2, 0) is 0 Å². The molecule has 2 bridgehead atoms. The van der Waals surface area contributed by atoms with Crippen LogP contribution < -0.4 is 0 Å². The first-order chi connectivity index (χ1) is 10.8. The smallest absolute Gasteiger partial charge is 0.0379 e. The molecule has 114 valence electrons. The van der Waals surface area contributed by atoms with Crippen molar-refractivity contribution in [2.24, 2.45) is 11.8 Å². The van der Waals surface area contributed by atoms with Gasteiger partial charge in [0.15, 0.2) is 0 Å². The summed E-state index contributed by atoms with van der Waals surface area (Å²) in [6, 6.07) is 23.4. The van der Waals surface area contributed by atoms with Crippen LogP contribution in [0.4, 0.5) is 0 Å². The molecule has 1 heterocycles. The summed E-state index contributed by atoms with van der Waals surface area (Å²) in [6.07, 6.45) is 5.57. The maximum absolute atomic E-state index is 2.67. The van der Waals surface area contributed by atoms with Crippen LogP contribution in [0.1, 0.15) is 48.9 Å². The van der Waals surface area contributed by atoms with Gasteiger partial charge in [0, 0.05) is 12.1 Å². The molecule has 2 aliphatic rings. The summed E-state index contributed by atoms with van der Waals surface area (Å²) in [7, 11) is 2.35. The van der Waals surface area contributed by atoms with Gasteiger partial charge in [-0.25, -0.2) is 0 Å². The van der Waals surface area contributed by atoms with Gasteiger partial charge in [0.1, 0.15) is 0 Å². The lowest BCUT2D eigenvalue weighted by molar-refractivity contribution is -0.0127. The van der Waals surface area contributed by atoms with E-state index in [9.17, 15) is 0 Å². The van der Waals surface area contributed by atoms with Crippen molar-refractivity contribution in [1.82, 2.24) is 4.90 Å². The third-order valence-corrected chi connectivity index (χ3v) is 5.81. The molecule has 2 aromatic carbocycles. The number of hydrogen-bond acceptors (Lipinski definition) is 1. The Bertz CT molecular complexity index is 553. The summed E-state index contributed by atoms with van der Waals surface area (Å²) < 4.78 is 0. The Labute approximate surface area is 134 Å². The zero-order valence-electron chi connectivity index (χ0n) is 13.4. The van der Waals surface area contributed by atoms with E-state index in [0.717, 1.165) is 11.8 Å². The molecule has 1 heteroatoms. The number of rotatable bonds is 2. The molecule has 1 saturated carbocycles. The average Bonchev–Trinajstić information content (AvgIpc) is 2.57. The lowest BCUT2D eigenvalue weighted by Gasteiger charge is -2.52. The Morgan fingerprint density at radius 1 is 0.727 bits per heavy atom. The highest BCUT2D eigenvalue weighted by Crippen LogP contribution is 2.52. The molecule has 2 fully saturated rings. The number of piperidine rings is 1. The first-order valence-electron chi connectivity index (χ1n) is 8.66. The van der Waals surface area contributed by atoms with Crippen molar-refractivity contribution in [2.45, 2.75) is 37.8 Å². The number of fused-ring (bicyclic) bond motifs is 2. The predicted octanol–water partition coefficient (Wildman–Crippen LogP) is 5.22. The fourth-order valence-corrected chi connectivity index (χ4v) is 4.99. The van der Waals surface area contributed by atoms with Gasteiger partial charge < -0.3 is 0 Å². The standard InChI is InChI=1S/C21H25N/c1-22-20(16-9-4-2-5-10-16)18-13-8-14-19(15-18)21(22)17-11-6-3-7-12-17/h2-7,9-12,18-21H,8,13-15H2,1H3. The summed E-state index contributed by atoms with van der Waals surface area (Å²) in [5, 5.41) is 0. The molecule has 0 amide bonds. The minimum atomic E-state index is 0.572. The second-order valence-corrected chi connectivity index (χ2v) is 7.06. The van der Waals surface area contributed by atoms with Crippen LogP contribution in [0.15, 0.2) is 60.7 Å². The van der Waals surface area contributed by atoms with Crippen LogP contribution in [-0.4, -0.2) is 11.9 Å². The summed E-state index contributed by atoms with van der Waals surface area (Å²) in [5.41, 5.74) is 2.99. The Balaban J connectivity index is 1.73. The number of benzene rings is 2. The molecular formula is C21H25N. The van der Waals surface area contributed by atoms with E-state index >= 15 is 0 Å². The van der Waals surface area contributed by atoms with Gasteiger partial charge in [-0.1, -0.05) is 67.1 Å². The third kappa shape index (κ3) is 2.38. The molecule has 0 aromatic heterocycles. The minimum absolute atomic E-state index is 0.572. The highest BCUT2D eigenvalue weighted by molar-refractivity contribution is 5.26. The van der Waals surface area contributed by atoms with E-state index < -0.39 is 0 Å². The van der Waals surface area contributed by atoms with E-state index in [0.29, 0.717) is 12.1 Å². The van der Waals surface area contributed by atoms with Crippen molar-refractivity contribution in [2.75, 3.05) is 7.05 Å². The van der Waals surface area contributed by atoms with Gasteiger partial charge in [0.05, 0.1) is 0 Å². The van der Waals surface area contributed by atoms with E-state index in [-0.39, 0.29) is 0 Å². The second-order valence-electron chi connectivity index (χ2n) is 7.06.